The van der Waals surface area contributed by atoms with Crippen molar-refractivity contribution < 1.29 is 17.9 Å². The molecule has 3 rings (SSSR count). The number of H-pyrrole nitrogens is 1. The van der Waals surface area contributed by atoms with Crippen LogP contribution in [0.25, 0.3) is 11.0 Å². The molecule has 2 aromatic carbocycles. The molecular formula is C16H14ClF3N2O. The van der Waals surface area contributed by atoms with Gasteiger partial charge < -0.3 is 9.72 Å². The van der Waals surface area contributed by atoms with E-state index in [-0.39, 0.29) is 18.2 Å². The number of imidazole rings is 1. The average molecular weight is 343 g/mol. The quantitative estimate of drug-likeness (QED) is 0.748. The monoisotopic (exact) mass is 342 g/mol. The number of nitrogens with one attached hydrogen (secondary N) is 1. The topological polar surface area (TPSA) is 37.9 Å². The number of aryl methyl sites for hydroxylation is 2. The van der Waals surface area contributed by atoms with Gasteiger partial charge >= 0.3 is 6.36 Å². The SMILES string of the molecule is Cl.FC(F)(F)Oc1ccc2[nH]c(CCc3ccccc3)nc2c1. The lowest BCUT2D eigenvalue weighted by molar-refractivity contribution is -0.274. The first-order valence-electron chi connectivity index (χ1n) is 6.78. The Labute approximate surface area is 136 Å². The van der Waals surface area contributed by atoms with Crippen molar-refractivity contribution in [2.24, 2.45) is 0 Å². The number of rotatable bonds is 4. The van der Waals surface area contributed by atoms with E-state index in [4.69, 9.17) is 0 Å². The predicted octanol–water partition coefficient (Wildman–Crippen LogP) is 4.67. The number of alkyl halides is 3. The van der Waals surface area contributed by atoms with E-state index in [1.165, 1.54) is 23.8 Å². The Bertz CT molecular complexity index is 772. The Balaban J connectivity index is 0.00000192. The van der Waals surface area contributed by atoms with Crippen LogP contribution < -0.4 is 4.74 Å². The summed E-state index contributed by atoms with van der Waals surface area (Å²) >= 11 is 0. The van der Waals surface area contributed by atoms with Gasteiger partial charge in [-0.25, -0.2) is 4.98 Å². The lowest BCUT2D eigenvalue weighted by Crippen LogP contribution is -2.16. The van der Waals surface area contributed by atoms with Gasteiger partial charge in [-0.2, -0.15) is 0 Å². The number of fused-ring (bicyclic) bond motifs is 1. The van der Waals surface area contributed by atoms with Gasteiger partial charge in [0.25, 0.3) is 0 Å². The van der Waals surface area contributed by atoms with Gasteiger partial charge in [-0.05, 0) is 24.1 Å². The van der Waals surface area contributed by atoms with Gasteiger partial charge in [0.15, 0.2) is 0 Å². The van der Waals surface area contributed by atoms with Gasteiger partial charge in [0, 0.05) is 12.5 Å². The molecule has 0 amide bonds. The summed E-state index contributed by atoms with van der Waals surface area (Å²) in [6.07, 6.45) is -3.19. The molecule has 0 saturated carbocycles. The van der Waals surface area contributed by atoms with Crippen LogP contribution in [0.4, 0.5) is 13.2 Å². The van der Waals surface area contributed by atoms with E-state index in [0.29, 0.717) is 17.5 Å². The summed E-state index contributed by atoms with van der Waals surface area (Å²) in [5.74, 6) is 0.476. The minimum atomic E-state index is -4.69. The number of ether oxygens (including phenoxy) is 1. The maximum absolute atomic E-state index is 12.2. The molecule has 0 aliphatic rings. The van der Waals surface area contributed by atoms with E-state index in [0.717, 1.165) is 12.2 Å². The second-order valence-electron chi connectivity index (χ2n) is 4.90. The van der Waals surface area contributed by atoms with Crippen LogP contribution >= 0.6 is 12.4 Å². The van der Waals surface area contributed by atoms with E-state index in [1.54, 1.807) is 0 Å². The van der Waals surface area contributed by atoms with Gasteiger partial charge in [0.05, 0.1) is 11.0 Å². The number of nitrogens with zero attached hydrogens (tertiary/aromatic N) is 1. The van der Waals surface area contributed by atoms with Crippen LogP contribution in [0.1, 0.15) is 11.4 Å². The van der Waals surface area contributed by atoms with E-state index in [2.05, 4.69) is 14.7 Å². The molecule has 3 nitrogen and oxygen atoms in total. The average Bonchev–Trinajstić information content (AvgIpc) is 2.86. The second kappa shape index (κ2) is 6.91. The summed E-state index contributed by atoms with van der Waals surface area (Å²) in [5.41, 5.74) is 2.34. The van der Waals surface area contributed by atoms with Gasteiger partial charge in [0.2, 0.25) is 0 Å². The molecular weight excluding hydrogens is 329 g/mol. The fourth-order valence-electron chi connectivity index (χ4n) is 2.26. The number of halogens is 4. The normalized spacial score (nSPS) is 11.3. The summed E-state index contributed by atoms with van der Waals surface area (Å²) in [5, 5.41) is 0. The first-order chi connectivity index (χ1) is 10.5. The Morgan fingerprint density at radius 1 is 1.00 bits per heavy atom. The van der Waals surface area contributed by atoms with E-state index >= 15 is 0 Å². The predicted molar refractivity (Wildman–Crippen MR) is 83.9 cm³/mol. The highest BCUT2D eigenvalue weighted by Gasteiger charge is 2.31. The number of hydrogen-bond donors (Lipinski definition) is 1. The van der Waals surface area contributed by atoms with E-state index in [9.17, 15) is 13.2 Å². The summed E-state index contributed by atoms with van der Waals surface area (Å²) < 4.78 is 40.5. The van der Waals surface area contributed by atoms with Crippen LogP contribution in [-0.4, -0.2) is 16.3 Å². The van der Waals surface area contributed by atoms with Crippen LogP contribution in [0.3, 0.4) is 0 Å². The molecule has 0 fully saturated rings. The van der Waals surface area contributed by atoms with Crippen molar-refractivity contribution in [2.45, 2.75) is 19.2 Å². The van der Waals surface area contributed by atoms with Crippen LogP contribution in [0.15, 0.2) is 48.5 Å². The third-order valence-electron chi connectivity index (χ3n) is 3.23. The molecule has 3 aromatic rings. The first kappa shape index (κ1) is 17.1. The molecule has 0 radical (unpaired) electrons. The first-order valence-corrected chi connectivity index (χ1v) is 6.78. The molecule has 23 heavy (non-hydrogen) atoms. The molecule has 7 heteroatoms. The van der Waals surface area contributed by atoms with Crippen molar-refractivity contribution >= 4 is 23.4 Å². The molecule has 0 spiro atoms. The van der Waals surface area contributed by atoms with Gasteiger partial charge in [0.1, 0.15) is 11.6 Å². The minimum absolute atomic E-state index is 0. The molecule has 1 aromatic heterocycles. The fraction of sp³-hybridized carbons (Fsp3) is 0.188. The van der Waals surface area contributed by atoms with E-state index in [1.807, 2.05) is 30.3 Å². The smallest absolute Gasteiger partial charge is 0.406 e. The summed E-state index contributed by atoms with van der Waals surface area (Å²) in [4.78, 5) is 7.42. The zero-order valence-corrected chi connectivity index (χ0v) is 12.7. The number of benzene rings is 2. The van der Waals surface area contributed by atoms with Crippen molar-refractivity contribution in [3.05, 3.63) is 59.9 Å². The Morgan fingerprint density at radius 3 is 2.43 bits per heavy atom. The van der Waals surface area contributed by atoms with Crippen molar-refractivity contribution in [3.8, 4) is 5.75 Å². The van der Waals surface area contributed by atoms with Gasteiger partial charge in [-0.15, -0.1) is 25.6 Å². The van der Waals surface area contributed by atoms with Crippen LogP contribution in [-0.2, 0) is 12.8 Å². The van der Waals surface area contributed by atoms with Crippen LogP contribution in [0.2, 0.25) is 0 Å². The summed E-state index contributed by atoms with van der Waals surface area (Å²) in [6.45, 7) is 0. The lowest BCUT2D eigenvalue weighted by atomic mass is 10.1. The standard InChI is InChI=1S/C16H13F3N2O.ClH/c17-16(18,19)22-12-7-8-13-14(10-12)21-15(20-13)9-6-11-4-2-1-3-5-11;/h1-5,7-8,10H,6,9H2,(H,20,21);1H. The maximum atomic E-state index is 12.2. The summed E-state index contributed by atoms with van der Waals surface area (Å²) in [6, 6.07) is 14.0. The molecule has 0 aliphatic carbocycles. The van der Waals surface area contributed by atoms with Crippen molar-refractivity contribution in [1.82, 2.24) is 9.97 Å². The Hall–Kier alpha value is -2.21. The zero-order valence-electron chi connectivity index (χ0n) is 11.9. The largest absolute Gasteiger partial charge is 0.573 e. The fourth-order valence-corrected chi connectivity index (χ4v) is 2.26. The minimum Gasteiger partial charge on any atom is -0.406 e. The van der Waals surface area contributed by atoms with Crippen LogP contribution in [0, 0.1) is 0 Å². The molecule has 122 valence electrons. The second-order valence-corrected chi connectivity index (χ2v) is 4.90. The van der Waals surface area contributed by atoms with Crippen molar-refractivity contribution in [1.29, 1.82) is 0 Å². The highest BCUT2D eigenvalue weighted by molar-refractivity contribution is 5.85. The van der Waals surface area contributed by atoms with E-state index < -0.39 is 6.36 Å². The molecule has 0 saturated heterocycles. The molecule has 0 unspecified atom stereocenters. The summed E-state index contributed by atoms with van der Waals surface area (Å²) in [7, 11) is 0. The van der Waals surface area contributed by atoms with Crippen molar-refractivity contribution in [2.75, 3.05) is 0 Å². The molecule has 0 atom stereocenters. The van der Waals surface area contributed by atoms with Gasteiger partial charge in [-0.1, -0.05) is 30.3 Å². The third-order valence-corrected chi connectivity index (χ3v) is 3.23. The molecule has 0 bridgehead atoms. The zero-order chi connectivity index (χ0) is 15.6. The number of aromatic nitrogens is 2. The highest BCUT2D eigenvalue weighted by Crippen LogP contribution is 2.25. The maximum Gasteiger partial charge on any atom is 0.573 e. The van der Waals surface area contributed by atoms with Crippen molar-refractivity contribution in [3.63, 3.8) is 0 Å². The van der Waals surface area contributed by atoms with Crippen LogP contribution in [0.5, 0.6) is 5.75 Å². The number of hydrogen-bond acceptors (Lipinski definition) is 2. The Kier molecular flexibility index (Phi) is 5.15. The lowest BCUT2D eigenvalue weighted by Gasteiger charge is -2.07. The Morgan fingerprint density at radius 2 is 1.74 bits per heavy atom. The molecule has 1 N–H and O–H groups in total. The molecule has 0 aliphatic heterocycles. The van der Waals surface area contributed by atoms with Gasteiger partial charge in [-0.3, -0.25) is 0 Å². The third kappa shape index (κ3) is 4.63. The highest BCUT2D eigenvalue weighted by atomic mass is 35.5. The molecule has 1 heterocycles. The number of aromatic amines is 1.